The second-order valence-corrected chi connectivity index (χ2v) is 3.19. The normalized spacial score (nSPS) is 13.5. The molecule has 0 spiro atoms. The van der Waals surface area contributed by atoms with Crippen molar-refractivity contribution in [1.29, 1.82) is 0 Å². The van der Waals surface area contributed by atoms with Crippen LogP contribution in [0, 0.1) is 0 Å². The predicted octanol–water partition coefficient (Wildman–Crippen LogP) is 1.67. The quantitative estimate of drug-likeness (QED) is 0.747. The minimum absolute atomic E-state index is 0.180. The number of nitrogens with one attached hydrogen (secondary N) is 1. The molecule has 15 heavy (non-hydrogen) atoms. The number of benzene rings is 1. The predicted molar refractivity (Wildman–Crippen MR) is 57.2 cm³/mol. The molecule has 1 heterocycles. The Hall–Kier alpha value is -1.97. The Balaban J connectivity index is 2.58. The van der Waals surface area contributed by atoms with Gasteiger partial charge in [0.05, 0.1) is 19.9 Å². The van der Waals surface area contributed by atoms with Crippen LogP contribution in [0.15, 0.2) is 18.7 Å². The van der Waals surface area contributed by atoms with Crippen LogP contribution in [0.2, 0.25) is 0 Å². The lowest BCUT2D eigenvalue weighted by molar-refractivity contribution is -0.110. The molecule has 0 aliphatic carbocycles. The first-order chi connectivity index (χ1) is 7.17. The lowest BCUT2D eigenvalue weighted by Gasteiger charge is -2.09. The lowest BCUT2D eigenvalue weighted by atomic mass is 10.1. The summed E-state index contributed by atoms with van der Waals surface area (Å²) in [6.07, 6.45) is 0. The van der Waals surface area contributed by atoms with Gasteiger partial charge in [0.15, 0.2) is 11.5 Å². The smallest absolute Gasteiger partial charge is 0.255 e. The average Bonchev–Trinajstić information content (AvgIpc) is 2.53. The number of ether oxygens (including phenoxy) is 2. The van der Waals surface area contributed by atoms with E-state index in [-0.39, 0.29) is 5.91 Å². The summed E-state index contributed by atoms with van der Waals surface area (Å²) in [7, 11) is 3.10. The van der Waals surface area contributed by atoms with Crippen molar-refractivity contribution in [3.8, 4) is 11.5 Å². The van der Waals surface area contributed by atoms with Crippen molar-refractivity contribution < 1.29 is 14.3 Å². The van der Waals surface area contributed by atoms with Crippen LogP contribution in [0.25, 0.3) is 5.57 Å². The molecule has 1 amide bonds. The molecule has 1 aliphatic heterocycles. The molecule has 0 unspecified atom stereocenters. The van der Waals surface area contributed by atoms with Crippen molar-refractivity contribution in [2.75, 3.05) is 19.5 Å². The van der Waals surface area contributed by atoms with Crippen molar-refractivity contribution in [1.82, 2.24) is 0 Å². The van der Waals surface area contributed by atoms with E-state index in [9.17, 15) is 4.79 Å². The summed E-state index contributed by atoms with van der Waals surface area (Å²) < 4.78 is 10.3. The zero-order valence-corrected chi connectivity index (χ0v) is 8.59. The van der Waals surface area contributed by atoms with Crippen molar-refractivity contribution in [2.24, 2.45) is 0 Å². The number of fused-ring (bicyclic) bond motifs is 1. The molecule has 4 heteroatoms. The Morgan fingerprint density at radius 1 is 1.20 bits per heavy atom. The van der Waals surface area contributed by atoms with Gasteiger partial charge in [0.2, 0.25) is 0 Å². The van der Waals surface area contributed by atoms with Crippen LogP contribution in [-0.2, 0) is 4.79 Å². The molecule has 1 N–H and O–H groups in total. The summed E-state index contributed by atoms with van der Waals surface area (Å²) in [5.74, 6) is 1.00. The van der Waals surface area contributed by atoms with Crippen LogP contribution in [0.5, 0.6) is 11.5 Å². The Labute approximate surface area is 87.5 Å². The van der Waals surface area contributed by atoms with Crippen LogP contribution in [-0.4, -0.2) is 20.1 Å². The van der Waals surface area contributed by atoms with Crippen molar-refractivity contribution in [3.05, 3.63) is 24.3 Å². The molecule has 4 nitrogen and oxygen atoms in total. The van der Waals surface area contributed by atoms with E-state index in [1.165, 1.54) is 0 Å². The van der Waals surface area contributed by atoms with E-state index in [4.69, 9.17) is 9.47 Å². The van der Waals surface area contributed by atoms with Gasteiger partial charge in [-0.05, 0) is 6.07 Å². The van der Waals surface area contributed by atoms with Gasteiger partial charge in [-0.1, -0.05) is 6.58 Å². The minimum atomic E-state index is -0.180. The average molecular weight is 205 g/mol. The van der Waals surface area contributed by atoms with Gasteiger partial charge < -0.3 is 14.8 Å². The van der Waals surface area contributed by atoms with E-state index < -0.39 is 0 Å². The molecule has 0 atom stereocenters. The molecule has 0 bridgehead atoms. The van der Waals surface area contributed by atoms with Gasteiger partial charge in [-0.3, -0.25) is 4.79 Å². The Morgan fingerprint density at radius 3 is 2.40 bits per heavy atom. The molecule has 1 aromatic rings. The van der Waals surface area contributed by atoms with Crippen molar-refractivity contribution >= 4 is 17.2 Å². The van der Waals surface area contributed by atoms with E-state index in [1.807, 2.05) is 0 Å². The summed E-state index contributed by atoms with van der Waals surface area (Å²) in [6, 6.07) is 3.47. The van der Waals surface area contributed by atoms with Crippen LogP contribution >= 0.6 is 0 Å². The van der Waals surface area contributed by atoms with E-state index >= 15 is 0 Å². The summed E-state index contributed by atoms with van der Waals surface area (Å²) in [4.78, 5) is 11.3. The van der Waals surface area contributed by atoms with E-state index in [2.05, 4.69) is 11.9 Å². The van der Waals surface area contributed by atoms with Gasteiger partial charge in [-0.25, -0.2) is 0 Å². The molecule has 0 fully saturated rings. The largest absolute Gasteiger partial charge is 0.493 e. The molecule has 0 aromatic heterocycles. The van der Waals surface area contributed by atoms with Crippen LogP contribution in [0.4, 0.5) is 5.69 Å². The van der Waals surface area contributed by atoms with Crippen molar-refractivity contribution in [3.63, 3.8) is 0 Å². The highest BCUT2D eigenvalue weighted by molar-refractivity contribution is 6.31. The fourth-order valence-corrected chi connectivity index (χ4v) is 1.55. The highest BCUT2D eigenvalue weighted by Crippen LogP contribution is 2.39. The fraction of sp³-hybridized carbons (Fsp3) is 0.182. The standard InChI is InChI=1S/C11H11NO3/c1-6-7-4-9(14-2)10(15-3)5-8(7)12-11(6)13/h4-5H,1H2,2-3H3,(H,12,13). The number of anilines is 1. The Morgan fingerprint density at radius 2 is 1.80 bits per heavy atom. The number of methoxy groups -OCH3 is 2. The van der Waals surface area contributed by atoms with E-state index in [0.717, 1.165) is 5.56 Å². The maximum absolute atomic E-state index is 11.3. The summed E-state index contributed by atoms with van der Waals surface area (Å²) in [6.45, 7) is 3.70. The number of rotatable bonds is 2. The Bertz CT molecular complexity index is 451. The van der Waals surface area contributed by atoms with Crippen LogP contribution < -0.4 is 14.8 Å². The molecule has 1 aliphatic rings. The SMILES string of the molecule is C=C1C(=O)Nc2cc(OC)c(OC)cc21. The molecular formula is C11H11NO3. The molecule has 1 aromatic carbocycles. The number of carbonyl (C=O) groups excluding carboxylic acids is 1. The van der Waals surface area contributed by atoms with Crippen molar-refractivity contribution in [2.45, 2.75) is 0 Å². The minimum Gasteiger partial charge on any atom is -0.493 e. The highest BCUT2D eigenvalue weighted by atomic mass is 16.5. The van der Waals surface area contributed by atoms with Gasteiger partial charge in [-0.15, -0.1) is 0 Å². The molecular weight excluding hydrogens is 194 g/mol. The number of carbonyl (C=O) groups is 1. The Kier molecular flexibility index (Phi) is 2.11. The third kappa shape index (κ3) is 1.34. The molecule has 0 saturated carbocycles. The van der Waals surface area contributed by atoms with Crippen LogP contribution in [0.3, 0.4) is 0 Å². The fourth-order valence-electron chi connectivity index (χ4n) is 1.55. The first-order valence-corrected chi connectivity index (χ1v) is 4.44. The molecule has 0 radical (unpaired) electrons. The van der Waals surface area contributed by atoms with Crippen LogP contribution in [0.1, 0.15) is 5.56 Å². The summed E-state index contributed by atoms with van der Waals surface area (Å²) in [5.41, 5.74) is 1.92. The molecule has 0 saturated heterocycles. The number of amides is 1. The second kappa shape index (κ2) is 3.31. The maximum atomic E-state index is 11.3. The van der Waals surface area contributed by atoms with Gasteiger partial charge in [0.1, 0.15) is 0 Å². The number of hydrogen-bond donors (Lipinski definition) is 1. The summed E-state index contributed by atoms with van der Waals surface area (Å²) >= 11 is 0. The summed E-state index contributed by atoms with van der Waals surface area (Å²) in [5, 5.41) is 2.70. The number of hydrogen-bond acceptors (Lipinski definition) is 3. The van der Waals surface area contributed by atoms with Gasteiger partial charge in [0, 0.05) is 17.2 Å². The maximum Gasteiger partial charge on any atom is 0.255 e. The van der Waals surface area contributed by atoms with Gasteiger partial charge >= 0.3 is 0 Å². The third-order valence-electron chi connectivity index (χ3n) is 2.37. The van der Waals surface area contributed by atoms with Gasteiger partial charge in [-0.2, -0.15) is 0 Å². The second-order valence-electron chi connectivity index (χ2n) is 3.19. The molecule has 2 rings (SSSR count). The van der Waals surface area contributed by atoms with E-state index in [1.54, 1.807) is 26.4 Å². The first-order valence-electron chi connectivity index (χ1n) is 4.44. The third-order valence-corrected chi connectivity index (χ3v) is 2.37. The van der Waals surface area contributed by atoms with Gasteiger partial charge in [0.25, 0.3) is 5.91 Å². The topological polar surface area (TPSA) is 47.6 Å². The lowest BCUT2D eigenvalue weighted by Crippen LogP contribution is -2.02. The molecule has 78 valence electrons. The highest BCUT2D eigenvalue weighted by Gasteiger charge is 2.24. The zero-order chi connectivity index (χ0) is 11.0. The van der Waals surface area contributed by atoms with E-state index in [0.29, 0.717) is 22.8 Å². The monoisotopic (exact) mass is 205 g/mol. The zero-order valence-electron chi connectivity index (χ0n) is 8.59. The first kappa shape index (κ1) is 9.58.